The minimum atomic E-state index is -0.862. The summed E-state index contributed by atoms with van der Waals surface area (Å²) in [5, 5.41) is 8.93. The summed E-state index contributed by atoms with van der Waals surface area (Å²) in [6.45, 7) is 0.820. The predicted molar refractivity (Wildman–Crippen MR) is 82.7 cm³/mol. The second-order valence-corrected chi connectivity index (χ2v) is 4.86. The lowest BCUT2D eigenvalue weighted by Crippen LogP contribution is -2.26. The first-order valence-electron chi connectivity index (χ1n) is 6.94. The van der Waals surface area contributed by atoms with E-state index in [0.717, 1.165) is 11.3 Å². The largest absolute Gasteiger partial charge is 0.495 e. The molecule has 2 aromatic carbocycles. The number of hydrogen-bond donors (Lipinski definition) is 1. The monoisotopic (exact) mass is 303 g/mol. The van der Waals surface area contributed by atoms with Crippen LogP contribution >= 0.6 is 0 Å². The molecule has 22 heavy (non-hydrogen) atoms. The number of para-hydroxylation sites is 2. The lowest BCUT2D eigenvalue weighted by Gasteiger charge is -2.26. The number of halogens is 1. The van der Waals surface area contributed by atoms with E-state index in [2.05, 4.69) is 0 Å². The summed E-state index contributed by atoms with van der Waals surface area (Å²) < 4.78 is 18.3. The van der Waals surface area contributed by atoms with Crippen molar-refractivity contribution in [2.75, 3.05) is 18.6 Å². The van der Waals surface area contributed by atoms with E-state index >= 15 is 0 Å². The normalized spacial score (nSPS) is 10.3. The smallest absolute Gasteiger partial charge is 0.305 e. The van der Waals surface area contributed by atoms with Gasteiger partial charge in [-0.3, -0.25) is 4.79 Å². The van der Waals surface area contributed by atoms with Crippen LogP contribution in [0.1, 0.15) is 12.0 Å². The van der Waals surface area contributed by atoms with Gasteiger partial charge in [-0.05, 0) is 29.8 Å². The Kier molecular flexibility index (Phi) is 5.36. The zero-order valence-electron chi connectivity index (χ0n) is 12.3. The summed E-state index contributed by atoms with van der Waals surface area (Å²) in [4.78, 5) is 12.8. The summed E-state index contributed by atoms with van der Waals surface area (Å²) in [6.07, 6.45) is 0.0131. The molecule has 2 rings (SSSR count). The van der Waals surface area contributed by atoms with E-state index in [1.54, 1.807) is 19.2 Å². The van der Waals surface area contributed by atoms with Crippen LogP contribution in [0.4, 0.5) is 10.1 Å². The summed E-state index contributed by atoms with van der Waals surface area (Å²) in [5.74, 6) is -0.480. The van der Waals surface area contributed by atoms with Gasteiger partial charge in [0.15, 0.2) is 0 Å². The van der Waals surface area contributed by atoms with Gasteiger partial charge in [-0.25, -0.2) is 4.39 Å². The number of rotatable bonds is 7. The van der Waals surface area contributed by atoms with Gasteiger partial charge in [0.2, 0.25) is 0 Å². The first-order valence-corrected chi connectivity index (χ1v) is 6.94. The number of anilines is 1. The minimum Gasteiger partial charge on any atom is -0.495 e. The number of carboxylic acid groups (broad SMARTS) is 1. The molecule has 0 atom stereocenters. The van der Waals surface area contributed by atoms with E-state index in [1.165, 1.54) is 12.1 Å². The Morgan fingerprint density at radius 3 is 2.50 bits per heavy atom. The summed E-state index contributed by atoms with van der Waals surface area (Å²) in [5.41, 5.74) is 1.72. The second kappa shape index (κ2) is 7.45. The molecule has 0 saturated carbocycles. The lowest BCUT2D eigenvalue weighted by molar-refractivity contribution is -0.136. The maximum Gasteiger partial charge on any atom is 0.305 e. The molecule has 0 amide bonds. The summed E-state index contributed by atoms with van der Waals surface area (Å²) in [7, 11) is 1.58. The average Bonchev–Trinajstić information content (AvgIpc) is 2.53. The number of methoxy groups -OCH3 is 1. The third-order valence-corrected chi connectivity index (χ3v) is 3.31. The van der Waals surface area contributed by atoms with Crippen LogP contribution in [0.2, 0.25) is 0 Å². The van der Waals surface area contributed by atoms with Gasteiger partial charge in [-0.2, -0.15) is 0 Å². The fraction of sp³-hybridized carbons (Fsp3) is 0.235. The molecular weight excluding hydrogens is 285 g/mol. The Balaban J connectivity index is 2.25. The molecule has 0 aliphatic carbocycles. The number of hydrogen-bond acceptors (Lipinski definition) is 3. The lowest BCUT2D eigenvalue weighted by atomic mass is 10.1. The average molecular weight is 303 g/mol. The fourth-order valence-electron chi connectivity index (χ4n) is 2.22. The molecule has 0 fully saturated rings. The third kappa shape index (κ3) is 4.22. The van der Waals surface area contributed by atoms with E-state index in [9.17, 15) is 9.18 Å². The van der Waals surface area contributed by atoms with Crippen molar-refractivity contribution in [3.05, 3.63) is 59.9 Å². The Hall–Kier alpha value is -2.56. The highest BCUT2D eigenvalue weighted by atomic mass is 19.1. The highest BCUT2D eigenvalue weighted by Gasteiger charge is 2.13. The maximum absolute atomic E-state index is 13.0. The Labute approximate surface area is 128 Å². The van der Waals surface area contributed by atoms with E-state index < -0.39 is 5.97 Å². The third-order valence-electron chi connectivity index (χ3n) is 3.31. The zero-order chi connectivity index (χ0) is 15.9. The second-order valence-electron chi connectivity index (χ2n) is 4.86. The van der Waals surface area contributed by atoms with Crippen LogP contribution < -0.4 is 9.64 Å². The molecule has 1 N–H and O–H groups in total. The van der Waals surface area contributed by atoms with Crippen LogP contribution in [0.25, 0.3) is 0 Å². The van der Waals surface area contributed by atoms with Crippen molar-refractivity contribution in [3.63, 3.8) is 0 Å². The molecule has 0 radical (unpaired) electrons. The van der Waals surface area contributed by atoms with E-state index in [1.807, 2.05) is 29.2 Å². The fourth-order valence-corrected chi connectivity index (χ4v) is 2.22. The molecule has 0 heterocycles. The van der Waals surface area contributed by atoms with E-state index in [0.29, 0.717) is 18.8 Å². The van der Waals surface area contributed by atoms with Crippen LogP contribution in [-0.4, -0.2) is 24.7 Å². The van der Waals surface area contributed by atoms with Gasteiger partial charge < -0.3 is 14.7 Å². The first kappa shape index (κ1) is 15.8. The van der Waals surface area contributed by atoms with Crippen molar-refractivity contribution in [2.24, 2.45) is 0 Å². The van der Waals surface area contributed by atoms with Gasteiger partial charge >= 0.3 is 5.97 Å². The predicted octanol–water partition coefficient (Wildman–Crippen LogP) is 3.32. The number of nitrogens with zero attached hydrogens (tertiary/aromatic N) is 1. The highest BCUT2D eigenvalue weighted by molar-refractivity contribution is 5.68. The molecule has 0 aliphatic heterocycles. The molecule has 0 unspecified atom stereocenters. The standard InChI is InChI=1S/C17H18FNO3/c1-22-16-5-3-2-4-15(16)19(11-10-17(20)21)12-13-6-8-14(18)9-7-13/h2-9H,10-12H2,1H3,(H,20,21). The SMILES string of the molecule is COc1ccccc1N(CCC(=O)O)Cc1ccc(F)cc1. The Bertz CT molecular complexity index is 628. The van der Waals surface area contributed by atoms with Crippen LogP contribution in [0.15, 0.2) is 48.5 Å². The Morgan fingerprint density at radius 1 is 1.18 bits per heavy atom. The minimum absolute atomic E-state index is 0.0131. The summed E-state index contributed by atoms with van der Waals surface area (Å²) in [6, 6.07) is 13.6. The van der Waals surface area contributed by atoms with Gasteiger partial charge in [0.25, 0.3) is 0 Å². The van der Waals surface area contributed by atoms with Crippen LogP contribution in [-0.2, 0) is 11.3 Å². The number of aliphatic carboxylic acids is 1. The number of carbonyl (C=O) groups is 1. The molecule has 2 aromatic rings. The van der Waals surface area contributed by atoms with Crippen molar-refractivity contribution >= 4 is 11.7 Å². The molecule has 0 spiro atoms. The molecule has 116 valence electrons. The molecule has 0 bridgehead atoms. The molecule has 0 aromatic heterocycles. The molecule has 0 saturated heterocycles. The van der Waals surface area contributed by atoms with Crippen LogP contribution in [0, 0.1) is 5.82 Å². The van der Waals surface area contributed by atoms with Crippen molar-refractivity contribution in [3.8, 4) is 5.75 Å². The molecule has 5 heteroatoms. The highest BCUT2D eigenvalue weighted by Crippen LogP contribution is 2.29. The van der Waals surface area contributed by atoms with Crippen molar-refractivity contribution in [1.82, 2.24) is 0 Å². The van der Waals surface area contributed by atoms with Gasteiger partial charge in [0, 0.05) is 13.1 Å². The summed E-state index contributed by atoms with van der Waals surface area (Å²) >= 11 is 0. The maximum atomic E-state index is 13.0. The van der Waals surface area contributed by atoms with E-state index in [-0.39, 0.29) is 12.2 Å². The van der Waals surface area contributed by atoms with Gasteiger partial charge in [-0.15, -0.1) is 0 Å². The van der Waals surface area contributed by atoms with Gasteiger partial charge in [-0.1, -0.05) is 24.3 Å². The van der Waals surface area contributed by atoms with Crippen molar-refractivity contribution in [1.29, 1.82) is 0 Å². The van der Waals surface area contributed by atoms with Crippen LogP contribution in [0.5, 0.6) is 5.75 Å². The van der Waals surface area contributed by atoms with Crippen molar-refractivity contribution < 1.29 is 19.0 Å². The Morgan fingerprint density at radius 2 is 1.86 bits per heavy atom. The number of benzene rings is 2. The number of ether oxygens (including phenoxy) is 1. The zero-order valence-corrected chi connectivity index (χ0v) is 12.3. The van der Waals surface area contributed by atoms with Gasteiger partial charge in [0.05, 0.1) is 19.2 Å². The van der Waals surface area contributed by atoms with Crippen LogP contribution in [0.3, 0.4) is 0 Å². The quantitative estimate of drug-likeness (QED) is 0.852. The topological polar surface area (TPSA) is 49.8 Å². The molecule has 4 nitrogen and oxygen atoms in total. The molecule has 0 aliphatic rings. The first-order chi connectivity index (χ1) is 10.6. The van der Waals surface area contributed by atoms with E-state index in [4.69, 9.17) is 9.84 Å². The number of carboxylic acids is 1. The van der Waals surface area contributed by atoms with Gasteiger partial charge in [0.1, 0.15) is 11.6 Å². The molecular formula is C17H18FNO3. The van der Waals surface area contributed by atoms with Crippen molar-refractivity contribution in [2.45, 2.75) is 13.0 Å².